The molecule has 0 atom stereocenters. The number of aryl methyl sites for hydroxylation is 1. The van der Waals surface area contributed by atoms with Gasteiger partial charge < -0.3 is 9.30 Å². The lowest BCUT2D eigenvalue weighted by Crippen LogP contribution is -2.07. The fourth-order valence-electron chi connectivity index (χ4n) is 5.29. The van der Waals surface area contributed by atoms with Gasteiger partial charge in [-0.3, -0.25) is 0 Å². The summed E-state index contributed by atoms with van der Waals surface area (Å²) >= 11 is 0. The van der Waals surface area contributed by atoms with Crippen molar-refractivity contribution in [2.24, 2.45) is 0 Å². The fraction of sp³-hybridized carbons (Fsp3) is 0.194. The number of H-pyrrole nitrogens is 1. The van der Waals surface area contributed by atoms with Gasteiger partial charge in [-0.15, -0.1) is 10.2 Å². The maximum Gasteiger partial charge on any atom is 0.338 e. The van der Waals surface area contributed by atoms with Crippen molar-refractivity contribution in [3.8, 4) is 22.5 Å². The van der Waals surface area contributed by atoms with E-state index in [9.17, 15) is 4.79 Å². The van der Waals surface area contributed by atoms with Gasteiger partial charge in [0.2, 0.25) is 5.82 Å². The number of nitrogens with one attached hydrogen (secondary N) is 1. The zero-order chi connectivity index (χ0) is 29.6. The van der Waals surface area contributed by atoms with Crippen LogP contribution in [0.1, 0.15) is 60.1 Å². The Balaban J connectivity index is 0.00000384. The third kappa shape index (κ3) is 6.34. The number of esters is 1. The van der Waals surface area contributed by atoms with E-state index < -0.39 is 0 Å². The largest absolute Gasteiger partial charge is 0.465 e. The van der Waals surface area contributed by atoms with E-state index in [1.165, 1.54) is 7.11 Å². The average molecular weight is 585 g/mol. The maximum atomic E-state index is 12.9. The minimum Gasteiger partial charge on any atom is -0.465 e. The summed E-state index contributed by atoms with van der Waals surface area (Å²) in [6, 6.07) is 30.5. The standard InChI is InChI=1S/C35H32N6O2.CH4/c1-3-4-14-33-36-31-21-27(20-15-24-10-6-5-7-11-24)30(35(42)43-2)22-32(31)41(33)23-25-16-18-26(19-17-25)28-12-8-9-13-29(28)34-37-39-40-38-34;/h5-13,15-22H,3-4,14,23H2,1-2H3,(H,37,38,39,40);1H4/b20-15+;. The van der Waals surface area contributed by atoms with E-state index in [1.807, 2.05) is 72.8 Å². The molecule has 6 rings (SSSR count). The van der Waals surface area contributed by atoms with Crippen molar-refractivity contribution in [3.05, 3.63) is 119 Å². The highest BCUT2D eigenvalue weighted by Crippen LogP contribution is 2.31. The fourth-order valence-corrected chi connectivity index (χ4v) is 5.29. The molecule has 222 valence electrons. The predicted molar refractivity (Wildman–Crippen MR) is 176 cm³/mol. The SMILES string of the molecule is C.CCCCc1nc2cc(/C=C/c3ccccc3)c(C(=O)OC)cc2n1Cc1ccc(-c2ccccc2-c2nn[nH]n2)cc1. The van der Waals surface area contributed by atoms with Crippen LogP contribution < -0.4 is 0 Å². The van der Waals surface area contributed by atoms with Crippen molar-refractivity contribution in [2.45, 2.75) is 40.2 Å². The summed E-state index contributed by atoms with van der Waals surface area (Å²) in [6.07, 6.45) is 6.90. The van der Waals surface area contributed by atoms with Crippen LogP contribution in [0.3, 0.4) is 0 Å². The van der Waals surface area contributed by atoms with E-state index in [-0.39, 0.29) is 13.4 Å². The molecule has 0 amide bonds. The van der Waals surface area contributed by atoms with Gasteiger partial charge in [-0.05, 0) is 51.6 Å². The normalized spacial score (nSPS) is 11.1. The third-order valence-electron chi connectivity index (χ3n) is 7.53. The number of tetrazole rings is 1. The number of aromatic nitrogens is 6. The molecule has 0 fully saturated rings. The van der Waals surface area contributed by atoms with Gasteiger partial charge in [-0.2, -0.15) is 5.21 Å². The number of ether oxygens (including phenoxy) is 1. The minimum atomic E-state index is -0.373. The molecule has 2 aromatic heterocycles. The Morgan fingerprint density at radius 3 is 2.39 bits per heavy atom. The summed E-state index contributed by atoms with van der Waals surface area (Å²) in [5.74, 6) is 1.19. The molecule has 0 saturated heterocycles. The number of hydrogen-bond donors (Lipinski definition) is 1. The number of nitrogens with zero attached hydrogens (tertiary/aromatic N) is 5. The van der Waals surface area contributed by atoms with Gasteiger partial charge in [-0.25, -0.2) is 9.78 Å². The highest BCUT2D eigenvalue weighted by atomic mass is 16.5. The summed E-state index contributed by atoms with van der Waals surface area (Å²) in [5, 5.41) is 14.6. The number of benzene rings is 4. The molecule has 0 bridgehead atoms. The molecule has 0 saturated carbocycles. The molecule has 0 radical (unpaired) electrons. The van der Waals surface area contributed by atoms with Crippen molar-refractivity contribution >= 4 is 29.2 Å². The van der Waals surface area contributed by atoms with Gasteiger partial charge in [0, 0.05) is 18.5 Å². The first-order valence-electron chi connectivity index (χ1n) is 14.4. The van der Waals surface area contributed by atoms with E-state index in [0.29, 0.717) is 17.9 Å². The zero-order valence-electron chi connectivity index (χ0n) is 24.2. The highest BCUT2D eigenvalue weighted by Gasteiger charge is 2.18. The van der Waals surface area contributed by atoms with Crippen LogP contribution in [0, 0.1) is 0 Å². The molecule has 0 aliphatic rings. The van der Waals surface area contributed by atoms with E-state index in [2.05, 4.69) is 62.4 Å². The summed E-state index contributed by atoms with van der Waals surface area (Å²) in [4.78, 5) is 18.0. The van der Waals surface area contributed by atoms with E-state index in [1.54, 1.807) is 0 Å². The van der Waals surface area contributed by atoms with E-state index >= 15 is 0 Å². The van der Waals surface area contributed by atoms with Gasteiger partial charge >= 0.3 is 5.97 Å². The Labute approximate surface area is 257 Å². The second-order valence-corrected chi connectivity index (χ2v) is 10.4. The number of carbonyl (C=O) groups is 1. The number of carbonyl (C=O) groups excluding carboxylic acids is 1. The number of hydrogen-bond acceptors (Lipinski definition) is 6. The van der Waals surface area contributed by atoms with Crippen LogP contribution in [0.5, 0.6) is 0 Å². The van der Waals surface area contributed by atoms with Gasteiger partial charge in [0.25, 0.3) is 0 Å². The van der Waals surface area contributed by atoms with Crippen molar-refractivity contribution in [1.82, 2.24) is 30.2 Å². The molecule has 8 nitrogen and oxygen atoms in total. The highest BCUT2D eigenvalue weighted by molar-refractivity contribution is 5.99. The molecular formula is C36H36N6O2. The Hall–Kier alpha value is -5.37. The Kier molecular flexibility index (Phi) is 9.40. The van der Waals surface area contributed by atoms with Crippen LogP contribution in [-0.2, 0) is 17.7 Å². The van der Waals surface area contributed by atoms with Crippen LogP contribution >= 0.6 is 0 Å². The third-order valence-corrected chi connectivity index (χ3v) is 7.53. The number of aromatic amines is 1. The molecule has 6 aromatic rings. The van der Waals surface area contributed by atoms with Crippen molar-refractivity contribution in [2.75, 3.05) is 7.11 Å². The van der Waals surface area contributed by atoms with Crippen LogP contribution in [-0.4, -0.2) is 43.3 Å². The summed E-state index contributed by atoms with van der Waals surface area (Å²) in [6.45, 7) is 2.81. The van der Waals surface area contributed by atoms with Crippen LogP contribution in [0.4, 0.5) is 0 Å². The van der Waals surface area contributed by atoms with Crippen LogP contribution in [0.2, 0.25) is 0 Å². The topological polar surface area (TPSA) is 98.6 Å². The maximum absolute atomic E-state index is 12.9. The van der Waals surface area contributed by atoms with Gasteiger partial charge in [0.05, 0.1) is 23.7 Å². The number of fused-ring (bicyclic) bond motifs is 1. The van der Waals surface area contributed by atoms with Gasteiger partial charge in [0.1, 0.15) is 5.82 Å². The smallest absolute Gasteiger partial charge is 0.338 e. The second kappa shape index (κ2) is 13.7. The van der Waals surface area contributed by atoms with E-state index in [0.717, 1.165) is 69.5 Å². The molecular weight excluding hydrogens is 548 g/mol. The number of rotatable bonds is 10. The quantitative estimate of drug-likeness (QED) is 0.130. The first-order valence-corrected chi connectivity index (χ1v) is 14.4. The van der Waals surface area contributed by atoms with Crippen molar-refractivity contribution in [1.29, 1.82) is 0 Å². The molecule has 44 heavy (non-hydrogen) atoms. The Bertz CT molecular complexity index is 1870. The monoisotopic (exact) mass is 584 g/mol. The Morgan fingerprint density at radius 1 is 0.932 bits per heavy atom. The predicted octanol–water partition coefficient (Wildman–Crippen LogP) is 7.87. The second-order valence-electron chi connectivity index (χ2n) is 10.4. The van der Waals surface area contributed by atoms with Crippen molar-refractivity contribution < 1.29 is 9.53 Å². The lowest BCUT2D eigenvalue weighted by atomic mass is 9.98. The van der Waals surface area contributed by atoms with Gasteiger partial charge in [0.15, 0.2) is 0 Å². The summed E-state index contributed by atoms with van der Waals surface area (Å²) < 4.78 is 7.41. The zero-order valence-corrected chi connectivity index (χ0v) is 24.2. The number of methoxy groups -OCH3 is 1. The van der Waals surface area contributed by atoms with Gasteiger partial charge in [-0.1, -0.05) is 112 Å². The first-order chi connectivity index (χ1) is 21.1. The number of imidazole rings is 1. The first kappa shape index (κ1) is 30.1. The average Bonchev–Trinajstić information content (AvgIpc) is 3.71. The molecule has 2 heterocycles. The molecule has 0 spiro atoms. The van der Waals surface area contributed by atoms with Crippen LogP contribution in [0.25, 0.3) is 45.7 Å². The molecule has 4 aromatic carbocycles. The lowest BCUT2D eigenvalue weighted by molar-refractivity contribution is 0.0600. The van der Waals surface area contributed by atoms with E-state index in [4.69, 9.17) is 9.72 Å². The van der Waals surface area contributed by atoms with Crippen molar-refractivity contribution in [3.63, 3.8) is 0 Å². The molecule has 0 unspecified atom stereocenters. The molecule has 8 heteroatoms. The lowest BCUT2D eigenvalue weighted by Gasteiger charge is -2.12. The molecule has 0 aliphatic carbocycles. The summed E-state index contributed by atoms with van der Waals surface area (Å²) in [7, 11) is 1.42. The molecule has 0 aliphatic heterocycles. The summed E-state index contributed by atoms with van der Waals surface area (Å²) in [5.41, 5.74) is 8.25. The molecule has 1 N–H and O–H groups in total. The Morgan fingerprint density at radius 2 is 1.68 bits per heavy atom. The number of unbranched alkanes of at least 4 members (excludes halogenated alkanes) is 1. The van der Waals surface area contributed by atoms with Crippen LogP contribution in [0.15, 0.2) is 91.0 Å². The minimum absolute atomic E-state index is 0.